The Morgan fingerprint density at radius 3 is 2.57 bits per heavy atom. The van der Waals surface area contributed by atoms with Gasteiger partial charge in [-0.05, 0) is 17.7 Å². The molecule has 1 N–H and O–H groups in total. The van der Waals surface area contributed by atoms with Gasteiger partial charge < -0.3 is 19.3 Å². The number of hydrogen-bond acceptors (Lipinski definition) is 4. The molecule has 0 spiro atoms. The van der Waals surface area contributed by atoms with Gasteiger partial charge in [-0.3, -0.25) is 0 Å². The Labute approximate surface area is 83.0 Å². The molecule has 0 atom stereocenters. The summed E-state index contributed by atoms with van der Waals surface area (Å²) < 4.78 is 15.1. The predicted molar refractivity (Wildman–Crippen MR) is 51.4 cm³/mol. The zero-order valence-electron chi connectivity index (χ0n) is 8.32. The minimum Gasteiger partial charge on any atom is -0.493 e. The average molecular weight is 198 g/mol. The number of methoxy groups -OCH3 is 2. The molecule has 0 aliphatic carbocycles. The topological polar surface area (TPSA) is 47.9 Å². The molecule has 0 aliphatic rings. The van der Waals surface area contributed by atoms with E-state index in [9.17, 15) is 0 Å². The highest BCUT2D eigenvalue weighted by atomic mass is 16.7. The maximum atomic E-state index is 8.92. The van der Waals surface area contributed by atoms with E-state index in [1.165, 1.54) is 0 Å². The highest BCUT2D eigenvalue weighted by Gasteiger charge is 2.04. The number of benzene rings is 1. The van der Waals surface area contributed by atoms with Crippen LogP contribution in [0.15, 0.2) is 18.2 Å². The van der Waals surface area contributed by atoms with Crippen molar-refractivity contribution in [3.05, 3.63) is 23.8 Å². The van der Waals surface area contributed by atoms with Gasteiger partial charge in [0, 0.05) is 7.11 Å². The van der Waals surface area contributed by atoms with Crippen molar-refractivity contribution in [1.29, 1.82) is 0 Å². The molecule has 0 bridgehead atoms. The van der Waals surface area contributed by atoms with Crippen molar-refractivity contribution in [3.63, 3.8) is 0 Å². The first kappa shape index (κ1) is 10.8. The Hall–Kier alpha value is -1.26. The van der Waals surface area contributed by atoms with E-state index in [4.69, 9.17) is 19.3 Å². The van der Waals surface area contributed by atoms with Crippen molar-refractivity contribution in [3.8, 4) is 11.5 Å². The van der Waals surface area contributed by atoms with Gasteiger partial charge in [0.2, 0.25) is 0 Å². The Morgan fingerprint density at radius 1 is 1.21 bits per heavy atom. The van der Waals surface area contributed by atoms with Crippen LogP contribution in [-0.4, -0.2) is 26.1 Å². The van der Waals surface area contributed by atoms with Crippen LogP contribution < -0.4 is 9.47 Å². The molecule has 0 radical (unpaired) electrons. The molecule has 4 heteroatoms. The normalized spacial score (nSPS) is 9.93. The first-order chi connectivity index (χ1) is 6.81. The molecular formula is C10H14O4. The van der Waals surface area contributed by atoms with Gasteiger partial charge in [0.25, 0.3) is 0 Å². The van der Waals surface area contributed by atoms with Crippen LogP contribution in [0.25, 0.3) is 0 Å². The number of aliphatic hydroxyl groups excluding tert-OH is 1. The molecule has 0 saturated carbocycles. The lowest BCUT2D eigenvalue weighted by Crippen LogP contribution is -2.01. The van der Waals surface area contributed by atoms with Crippen LogP contribution in [-0.2, 0) is 11.3 Å². The standard InChI is InChI=1S/C10H14O4/c1-12-7-14-10-5-8(6-11)3-4-9(10)13-2/h3-5,11H,6-7H2,1-2H3. The smallest absolute Gasteiger partial charge is 0.188 e. The third-order valence-corrected chi connectivity index (χ3v) is 1.74. The largest absolute Gasteiger partial charge is 0.493 e. The lowest BCUT2D eigenvalue weighted by Gasteiger charge is -2.10. The number of hydrogen-bond donors (Lipinski definition) is 1. The van der Waals surface area contributed by atoms with Crippen LogP contribution in [0.3, 0.4) is 0 Å². The minimum absolute atomic E-state index is 0.0205. The number of aliphatic hydroxyl groups is 1. The Morgan fingerprint density at radius 2 is 2.00 bits per heavy atom. The van der Waals surface area contributed by atoms with Crippen molar-refractivity contribution in [2.75, 3.05) is 21.0 Å². The van der Waals surface area contributed by atoms with Crippen LogP contribution in [0.2, 0.25) is 0 Å². The van der Waals surface area contributed by atoms with Gasteiger partial charge in [-0.25, -0.2) is 0 Å². The van der Waals surface area contributed by atoms with E-state index in [0.717, 1.165) is 5.56 Å². The summed E-state index contributed by atoms with van der Waals surface area (Å²) in [6.45, 7) is 0.137. The zero-order valence-corrected chi connectivity index (χ0v) is 8.32. The number of rotatable bonds is 5. The zero-order chi connectivity index (χ0) is 10.4. The van der Waals surface area contributed by atoms with Gasteiger partial charge in [-0.15, -0.1) is 0 Å². The predicted octanol–water partition coefficient (Wildman–Crippen LogP) is 1.17. The van der Waals surface area contributed by atoms with Gasteiger partial charge in [0.1, 0.15) is 0 Å². The van der Waals surface area contributed by atoms with Crippen LogP contribution in [0.4, 0.5) is 0 Å². The molecule has 4 nitrogen and oxygen atoms in total. The van der Waals surface area contributed by atoms with E-state index < -0.39 is 0 Å². The maximum Gasteiger partial charge on any atom is 0.188 e. The molecular weight excluding hydrogens is 184 g/mol. The molecule has 14 heavy (non-hydrogen) atoms. The first-order valence-corrected chi connectivity index (χ1v) is 4.21. The van der Waals surface area contributed by atoms with Crippen molar-refractivity contribution >= 4 is 0 Å². The van der Waals surface area contributed by atoms with Gasteiger partial charge >= 0.3 is 0 Å². The summed E-state index contributed by atoms with van der Waals surface area (Å²) in [7, 11) is 3.11. The molecule has 1 aromatic rings. The Balaban J connectivity index is 2.84. The fourth-order valence-corrected chi connectivity index (χ4v) is 1.05. The second kappa shape index (κ2) is 5.47. The summed E-state index contributed by atoms with van der Waals surface area (Å²) in [5.74, 6) is 1.19. The maximum absolute atomic E-state index is 8.92. The molecule has 1 rings (SSSR count). The van der Waals surface area contributed by atoms with Crippen LogP contribution >= 0.6 is 0 Å². The Bertz CT molecular complexity index is 285. The summed E-state index contributed by atoms with van der Waals surface area (Å²) in [6.07, 6.45) is 0. The summed E-state index contributed by atoms with van der Waals surface area (Å²) in [5.41, 5.74) is 0.775. The molecule has 78 valence electrons. The lowest BCUT2D eigenvalue weighted by atomic mass is 10.2. The summed E-state index contributed by atoms with van der Waals surface area (Å²) >= 11 is 0. The third kappa shape index (κ3) is 2.61. The molecule has 0 fully saturated rings. The molecule has 0 amide bonds. The highest BCUT2D eigenvalue weighted by Crippen LogP contribution is 2.27. The molecule has 0 unspecified atom stereocenters. The molecule has 0 heterocycles. The third-order valence-electron chi connectivity index (χ3n) is 1.74. The Kier molecular flexibility index (Phi) is 4.22. The fourth-order valence-electron chi connectivity index (χ4n) is 1.05. The monoisotopic (exact) mass is 198 g/mol. The second-order valence-corrected chi connectivity index (χ2v) is 2.69. The van der Waals surface area contributed by atoms with Gasteiger partial charge in [0.15, 0.2) is 18.3 Å². The van der Waals surface area contributed by atoms with Gasteiger partial charge in [0.05, 0.1) is 13.7 Å². The SMILES string of the molecule is COCOc1cc(CO)ccc1OC. The van der Waals surface area contributed by atoms with E-state index >= 15 is 0 Å². The van der Waals surface area contributed by atoms with Crippen molar-refractivity contribution in [1.82, 2.24) is 0 Å². The van der Waals surface area contributed by atoms with Gasteiger partial charge in [-0.2, -0.15) is 0 Å². The highest BCUT2D eigenvalue weighted by molar-refractivity contribution is 5.42. The fraction of sp³-hybridized carbons (Fsp3) is 0.400. The van der Waals surface area contributed by atoms with Crippen LogP contribution in [0.5, 0.6) is 11.5 Å². The van der Waals surface area contributed by atoms with Crippen molar-refractivity contribution in [2.45, 2.75) is 6.61 Å². The first-order valence-electron chi connectivity index (χ1n) is 4.21. The molecule has 1 aromatic carbocycles. The van der Waals surface area contributed by atoms with E-state index in [0.29, 0.717) is 11.5 Å². The quantitative estimate of drug-likeness (QED) is 0.721. The summed E-state index contributed by atoms with van der Waals surface area (Å²) in [5, 5.41) is 8.92. The average Bonchev–Trinajstić information content (AvgIpc) is 2.25. The van der Waals surface area contributed by atoms with Gasteiger partial charge in [-0.1, -0.05) is 6.07 Å². The van der Waals surface area contributed by atoms with Crippen LogP contribution in [0.1, 0.15) is 5.56 Å². The van der Waals surface area contributed by atoms with E-state index in [1.54, 1.807) is 32.4 Å². The minimum atomic E-state index is -0.0205. The molecule has 0 aliphatic heterocycles. The van der Waals surface area contributed by atoms with Crippen molar-refractivity contribution < 1.29 is 19.3 Å². The lowest BCUT2D eigenvalue weighted by molar-refractivity contribution is 0.0490. The molecule has 0 saturated heterocycles. The second-order valence-electron chi connectivity index (χ2n) is 2.69. The van der Waals surface area contributed by atoms with E-state index in [-0.39, 0.29) is 13.4 Å². The summed E-state index contributed by atoms with van der Waals surface area (Å²) in [6, 6.07) is 5.24. The molecule has 0 aromatic heterocycles. The van der Waals surface area contributed by atoms with Crippen molar-refractivity contribution in [2.24, 2.45) is 0 Å². The van der Waals surface area contributed by atoms with Crippen LogP contribution in [0, 0.1) is 0 Å². The van der Waals surface area contributed by atoms with E-state index in [1.807, 2.05) is 0 Å². The summed E-state index contributed by atoms with van der Waals surface area (Å²) in [4.78, 5) is 0. The van der Waals surface area contributed by atoms with E-state index in [2.05, 4.69) is 0 Å². The number of ether oxygens (including phenoxy) is 3.